The van der Waals surface area contributed by atoms with E-state index in [1.165, 1.54) is 0 Å². The Morgan fingerprint density at radius 3 is 1.89 bits per heavy atom. The predicted molar refractivity (Wildman–Crippen MR) is 138 cm³/mol. The summed E-state index contributed by atoms with van der Waals surface area (Å²) in [6.45, 7) is 18.6. The van der Waals surface area contributed by atoms with Crippen molar-refractivity contribution in [2.75, 3.05) is 78.7 Å². The first-order chi connectivity index (χ1) is 17.2. The number of alkyl carbamates (subject to hydrolysis) is 1. The number of ether oxygens (including phenoxy) is 2. The smallest absolute Gasteiger partial charge is 0.407 e. The summed E-state index contributed by atoms with van der Waals surface area (Å²) in [7, 11) is 0. The molecule has 0 aromatic carbocycles. The van der Waals surface area contributed by atoms with Crippen LogP contribution in [-0.4, -0.2) is 128 Å². The van der Waals surface area contributed by atoms with Crippen LogP contribution in [0.4, 0.5) is 4.79 Å². The minimum Gasteiger partial charge on any atom is -0.464 e. The standard InChI is InChI=1S/C27H47N5O4/c1-26(2)14-21(28-25(34)36-19-23-17-30-8-12-32(23)13-9-30)15-27(3,20-26)5-4-24(33)35-18-22-16-29-6-10-31(22)11-7-29/h21-23H,4-20H2,1-3H3,(H,28,34). The average Bonchev–Trinajstić information content (AvgIpc) is 2.85. The highest BCUT2D eigenvalue weighted by Crippen LogP contribution is 2.48. The number of rotatable bonds is 8. The van der Waals surface area contributed by atoms with E-state index in [9.17, 15) is 9.59 Å². The summed E-state index contributed by atoms with van der Waals surface area (Å²) < 4.78 is 11.4. The van der Waals surface area contributed by atoms with E-state index < -0.39 is 0 Å². The van der Waals surface area contributed by atoms with Crippen LogP contribution in [0.2, 0.25) is 0 Å². The number of esters is 1. The monoisotopic (exact) mass is 505 g/mol. The van der Waals surface area contributed by atoms with Crippen molar-refractivity contribution in [2.24, 2.45) is 10.8 Å². The summed E-state index contributed by atoms with van der Waals surface area (Å²) in [6, 6.07) is 0.724. The minimum absolute atomic E-state index is 0.0146. The normalized spacial score (nSPS) is 41.0. The average molecular weight is 506 g/mol. The molecule has 36 heavy (non-hydrogen) atoms. The highest BCUT2D eigenvalue weighted by molar-refractivity contribution is 5.69. The molecule has 1 amide bonds. The van der Waals surface area contributed by atoms with Crippen LogP contribution >= 0.6 is 0 Å². The lowest BCUT2D eigenvalue weighted by Crippen LogP contribution is -2.62. The second-order valence-electron chi connectivity index (χ2n) is 13.2. The molecule has 0 aromatic heterocycles. The van der Waals surface area contributed by atoms with Crippen LogP contribution in [0.1, 0.15) is 52.9 Å². The van der Waals surface area contributed by atoms with Crippen molar-refractivity contribution < 1.29 is 19.1 Å². The summed E-state index contributed by atoms with van der Waals surface area (Å²) in [4.78, 5) is 35.2. The van der Waals surface area contributed by atoms with Crippen LogP contribution in [0.15, 0.2) is 0 Å². The van der Waals surface area contributed by atoms with E-state index >= 15 is 0 Å². The minimum atomic E-state index is -0.301. The molecule has 6 saturated heterocycles. The van der Waals surface area contributed by atoms with Crippen LogP contribution in [0.5, 0.6) is 0 Å². The molecule has 1 saturated carbocycles. The summed E-state index contributed by atoms with van der Waals surface area (Å²) in [6.07, 6.45) is 3.76. The van der Waals surface area contributed by atoms with Gasteiger partial charge in [0.2, 0.25) is 0 Å². The topological polar surface area (TPSA) is 77.6 Å². The Labute approximate surface area is 216 Å². The van der Waals surface area contributed by atoms with Gasteiger partial charge in [0, 0.05) is 77.9 Å². The first kappa shape index (κ1) is 26.2. The lowest BCUT2D eigenvalue weighted by Gasteiger charge is -2.47. The molecular formula is C27H47N5O4. The van der Waals surface area contributed by atoms with Gasteiger partial charge in [0.25, 0.3) is 0 Å². The summed E-state index contributed by atoms with van der Waals surface area (Å²) >= 11 is 0. The molecule has 7 fully saturated rings. The Morgan fingerprint density at radius 1 is 0.806 bits per heavy atom. The van der Waals surface area contributed by atoms with Gasteiger partial charge >= 0.3 is 12.1 Å². The van der Waals surface area contributed by atoms with Gasteiger partial charge in [-0.3, -0.25) is 24.4 Å². The van der Waals surface area contributed by atoms with Crippen LogP contribution in [0.25, 0.3) is 0 Å². The molecule has 0 aromatic rings. The number of carbonyl (C=O) groups excluding carboxylic acids is 2. The Bertz CT molecular complexity index is 793. The Balaban J connectivity index is 1.05. The maximum atomic E-state index is 12.7. The lowest BCUT2D eigenvalue weighted by molar-refractivity contribution is -0.148. The van der Waals surface area contributed by atoms with E-state index in [0.29, 0.717) is 31.7 Å². The van der Waals surface area contributed by atoms with Gasteiger partial charge in [-0.25, -0.2) is 4.79 Å². The molecule has 6 aliphatic heterocycles. The summed E-state index contributed by atoms with van der Waals surface area (Å²) in [5.74, 6) is -0.0892. The summed E-state index contributed by atoms with van der Waals surface area (Å²) in [5, 5.41) is 3.16. The van der Waals surface area contributed by atoms with Crippen molar-refractivity contribution >= 4 is 12.1 Å². The number of fused-ring (bicyclic) bond motifs is 6. The molecule has 1 N–H and O–H groups in total. The van der Waals surface area contributed by atoms with Crippen molar-refractivity contribution in [3.05, 3.63) is 0 Å². The SMILES string of the molecule is CC1(C)CC(NC(=O)OCC2CN3CCN2CC3)CC(C)(CCC(=O)OCC2CN3CCN2CC3)C1. The molecule has 9 heteroatoms. The number of carbonyl (C=O) groups is 2. The highest BCUT2D eigenvalue weighted by Gasteiger charge is 2.42. The highest BCUT2D eigenvalue weighted by atomic mass is 16.5. The van der Waals surface area contributed by atoms with Gasteiger partial charge in [0.15, 0.2) is 0 Å². The van der Waals surface area contributed by atoms with Crippen molar-refractivity contribution in [1.82, 2.24) is 24.9 Å². The Morgan fingerprint density at radius 2 is 1.36 bits per heavy atom. The molecule has 7 rings (SSSR count). The number of amides is 1. The molecule has 0 spiro atoms. The molecule has 0 radical (unpaired) electrons. The fourth-order valence-corrected chi connectivity index (χ4v) is 7.74. The Kier molecular flexibility index (Phi) is 7.82. The van der Waals surface area contributed by atoms with Crippen molar-refractivity contribution in [2.45, 2.75) is 71.0 Å². The third-order valence-electron chi connectivity index (χ3n) is 9.33. The zero-order valence-electron chi connectivity index (χ0n) is 22.7. The van der Waals surface area contributed by atoms with E-state index in [1.54, 1.807) is 0 Å². The Hall–Kier alpha value is -1.42. The van der Waals surface area contributed by atoms with Crippen molar-refractivity contribution in [3.8, 4) is 0 Å². The van der Waals surface area contributed by atoms with E-state index in [0.717, 1.165) is 91.1 Å². The van der Waals surface area contributed by atoms with E-state index in [4.69, 9.17) is 9.47 Å². The molecule has 6 heterocycles. The van der Waals surface area contributed by atoms with Gasteiger partial charge < -0.3 is 14.8 Å². The maximum absolute atomic E-state index is 12.7. The fraction of sp³-hybridized carbons (Fsp3) is 0.926. The van der Waals surface area contributed by atoms with Crippen molar-refractivity contribution in [1.29, 1.82) is 0 Å². The molecule has 1 aliphatic carbocycles. The van der Waals surface area contributed by atoms with Crippen LogP contribution in [-0.2, 0) is 14.3 Å². The molecule has 204 valence electrons. The van der Waals surface area contributed by atoms with Gasteiger partial charge in [0.05, 0.1) is 12.1 Å². The van der Waals surface area contributed by atoms with E-state index in [1.807, 2.05) is 0 Å². The first-order valence-electron chi connectivity index (χ1n) is 14.2. The van der Waals surface area contributed by atoms with Gasteiger partial charge in [-0.1, -0.05) is 20.8 Å². The molecule has 7 aliphatic rings. The third-order valence-corrected chi connectivity index (χ3v) is 9.33. The van der Waals surface area contributed by atoms with Gasteiger partial charge in [-0.15, -0.1) is 0 Å². The second kappa shape index (κ2) is 10.8. The van der Waals surface area contributed by atoms with Crippen LogP contribution in [0, 0.1) is 10.8 Å². The van der Waals surface area contributed by atoms with E-state index in [2.05, 4.69) is 45.7 Å². The number of hydrogen-bond donors (Lipinski definition) is 1. The van der Waals surface area contributed by atoms with Crippen LogP contribution < -0.4 is 5.32 Å². The number of nitrogens with zero attached hydrogens (tertiary/aromatic N) is 4. The maximum Gasteiger partial charge on any atom is 0.407 e. The molecule has 4 bridgehead atoms. The van der Waals surface area contributed by atoms with E-state index in [-0.39, 0.29) is 28.9 Å². The number of nitrogens with one attached hydrogen (secondary N) is 1. The molecule has 4 atom stereocenters. The predicted octanol–water partition coefficient (Wildman–Crippen LogP) is 1.62. The zero-order chi connectivity index (χ0) is 25.3. The first-order valence-corrected chi connectivity index (χ1v) is 14.2. The molecular weight excluding hydrogens is 458 g/mol. The quantitative estimate of drug-likeness (QED) is 0.499. The molecule has 4 unspecified atom stereocenters. The van der Waals surface area contributed by atoms with Gasteiger partial charge in [-0.2, -0.15) is 0 Å². The molecule has 9 nitrogen and oxygen atoms in total. The van der Waals surface area contributed by atoms with Gasteiger partial charge in [-0.05, 0) is 36.5 Å². The van der Waals surface area contributed by atoms with Crippen molar-refractivity contribution in [3.63, 3.8) is 0 Å². The second-order valence-corrected chi connectivity index (χ2v) is 13.2. The largest absolute Gasteiger partial charge is 0.464 e. The number of hydrogen-bond acceptors (Lipinski definition) is 8. The number of piperazine rings is 6. The van der Waals surface area contributed by atoms with Gasteiger partial charge in [0.1, 0.15) is 13.2 Å². The zero-order valence-corrected chi connectivity index (χ0v) is 22.7. The summed E-state index contributed by atoms with van der Waals surface area (Å²) in [5.41, 5.74) is 0.0821. The van der Waals surface area contributed by atoms with Crippen LogP contribution in [0.3, 0.4) is 0 Å². The third kappa shape index (κ3) is 6.52. The lowest BCUT2D eigenvalue weighted by atomic mass is 9.61. The fourth-order valence-electron chi connectivity index (χ4n) is 7.74.